The Kier molecular flexibility index (Phi) is 4.63. The van der Waals surface area contributed by atoms with Crippen LogP contribution in [0.4, 0.5) is 0 Å². The molecular weight excluding hydrogens is 310 g/mol. The lowest BCUT2D eigenvalue weighted by atomic mass is 9.74. The maximum absolute atomic E-state index is 12.3. The van der Waals surface area contributed by atoms with Crippen LogP contribution in [-0.4, -0.2) is 19.9 Å². The van der Waals surface area contributed by atoms with Crippen LogP contribution >= 0.6 is 10.7 Å². The van der Waals surface area contributed by atoms with Gasteiger partial charge in [0.05, 0.1) is 4.90 Å². The molecule has 1 aromatic rings. The largest absolute Gasteiger partial charge is 0.347 e. The molecular formula is C15H20ClNO3S. The number of aryl methyl sites for hydroxylation is 1. The van der Waals surface area contributed by atoms with Crippen LogP contribution in [0.1, 0.15) is 55.5 Å². The van der Waals surface area contributed by atoms with Gasteiger partial charge in [0.15, 0.2) is 0 Å². The van der Waals surface area contributed by atoms with Crippen molar-refractivity contribution >= 4 is 25.6 Å². The van der Waals surface area contributed by atoms with Crippen LogP contribution in [0, 0.1) is 0 Å². The summed E-state index contributed by atoms with van der Waals surface area (Å²) in [5.41, 5.74) is 0.835. The average Bonchev–Trinajstić information content (AvgIpc) is 2.41. The van der Waals surface area contributed by atoms with Crippen molar-refractivity contribution in [1.82, 2.24) is 5.32 Å². The summed E-state index contributed by atoms with van der Waals surface area (Å²) in [5.74, 6) is -0.235. The van der Waals surface area contributed by atoms with Gasteiger partial charge in [-0.1, -0.05) is 19.9 Å². The molecule has 1 amide bonds. The molecule has 0 saturated heterocycles. The Morgan fingerprint density at radius 1 is 1.33 bits per heavy atom. The van der Waals surface area contributed by atoms with Gasteiger partial charge in [0.25, 0.3) is 15.0 Å². The van der Waals surface area contributed by atoms with Gasteiger partial charge < -0.3 is 5.32 Å². The highest BCUT2D eigenvalue weighted by atomic mass is 35.7. The van der Waals surface area contributed by atoms with Crippen molar-refractivity contribution < 1.29 is 13.2 Å². The summed E-state index contributed by atoms with van der Waals surface area (Å²) in [5, 5.41) is 3.04. The number of benzene rings is 1. The molecule has 1 N–H and O–H groups in total. The summed E-state index contributed by atoms with van der Waals surface area (Å²) in [6.07, 6.45) is 4.49. The molecule has 1 fully saturated rings. The predicted octanol–water partition coefficient (Wildman–Crippen LogP) is 3.24. The highest BCUT2D eigenvalue weighted by Gasteiger charge is 2.36. The van der Waals surface area contributed by atoms with Gasteiger partial charge in [-0.3, -0.25) is 4.79 Å². The van der Waals surface area contributed by atoms with Gasteiger partial charge in [-0.2, -0.15) is 0 Å². The number of carbonyl (C=O) groups excluding carboxylic acids is 1. The smallest absolute Gasteiger partial charge is 0.261 e. The van der Waals surface area contributed by atoms with Gasteiger partial charge in [0.2, 0.25) is 0 Å². The summed E-state index contributed by atoms with van der Waals surface area (Å²) in [7, 11) is 1.61. The van der Waals surface area contributed by atoms with Crippen LogP contribution < -0.4 is 5.32 Å². The van der Waals surface area contributed by atoms with E-state index in [0.29, 0.717) is 17.5 Å². The molecule has 1 aliphatic carbocycles. The number of hydrogen-bond donors (Lipinski definition) is 1. The molecule has 1 saturated carbocycles. The zero-order valence-corrected chi connectivity index (χ0v) is 13.9. The fraction of sp³-hybridized carbons (Fsp3) is 0.533. The van der Waals surface area contributed by atoms with E-state index in [9.17, 15) is 13.2 Å². The van der Waals surface area contributed by atoms with Crippen molar-refractivity contribution in [3.63, 3.8) is 0 Å². The highest BCUT2D eigenvalue weighted by molar-refractivity contribution is 8.13. The lowest BCUT2D eigenvalue weighted by Gasteiger charge is -2.42. The number of halogens is 1. The van der Waals surface area contributed by atoms with Gasteiger partial charge in [0, 0.05) is 21.8 Å². The lowest BCUT2D eigenvalue weighted by molar-refractivity contribution is 0.0820. The molecule has 1 aromatic carbocycles. The summed E-state index contributed by atoms with van der Waals surface area (Å²) in [6.45, 7) is 3.90. The molecule has 0 aromatic heterocycles. The Bertz CT molecular complexity index is 645. The molecule has 0 spiro atoms. The van der Waals surface area contributed by atoms with E-state index in [1.165, 1.54) is 6.07 Å². The minimum absolute atomic E-state index is 0.0264. The zero-order chi connectivity index (χ0) is 15.7. The average molecular weight is 330 g/mol. The van der Waals surface area contributed by atoms with E-state index >= 15 is 0 Å². The summed E-state index contributed by atoms with van der Waals surface area (Å²) < 4.78 is 23.3. The van der Waals surface area contributed by atoms with Crippen molar-refractivity contribution in [2.75, 3.05) is 0 Å². The van der Waals surface area contributed by atoms with Crippen molar-refractivity contribution in [2.45, 2.75) is 56.4 Å². The van der Waals surface area contributed by atoms with Gasteiger partial charge in [0.1, 0.15) is 0 Å². The molecule has 2 rings (SSSR count). The normalized spacial score (nSPS) is 17.1. The molecule has 6 heteroatoms. The van der Waals surface area contributed by atoms with Crippen LogP contribution in [0.25, 0.3) is 0 Å². The number of rotatable bonds is 5. The van der Waals surface area contributed by atoms with Crippen molar-refractivity contribution in [3.8, 4) is 0 Å². The third kappa shape index (κ3) is 3.40. The number of nitrogens with one attached hydrogen (secondary N) is 1. The van der Waals surface area contributed by atoms with Crippen LogP contribution in [0.2, 0.25) is 0 Å². The minimum atomic E-state index is -3.85. The predicted molar refractivity (Wildman–Crippen MR) is 83.2 cm³/mol. The van der Waals surface area contributed by atoms with Crippen LogP contribution in [-0.2, 0) is 15.5 Å². The molecule has 116 valence electrons. The third-order valence-corrected chi connectivity index (χ3v) is 5.74. The van der Waals surface area contributed by atoms with Gasteiger partial charge >= 0.3 is 0 Å². The van der Waals surface area contributed by atoms with E-state index in [1.807, 2.05) is 13.8 Å². The molecule has 1 aliphatic rings. The minimum Gasteiger partial charge on any atom is -0.347 e. The fourth-order valence-corrected chi connectivity index (χ4v) is 3.92. The molecule has 4 nitrogen and oxygen atoms in total. The molecule has 21 heavy (non-hydrogen) atoms. The van der Waals surface area contributed by atoms with Crippen molar-refractivity contribution in [3.05, 3.63) is 29.3 Å². The molecule has 0 atom stereocenters. The topological polar surface area (TPSA) is 63.2 Å². The first kappa shape index (κ1) is 16.3. The first-order valence-electron chi connectivity index (χ1n) is 7.21. The Morgan fingerprint density at radius 3 is 2.43 bits per heavy atom. The number of amides is 1. The van der Waals surface area contributed by atoms with E-state index in [0.717, 1.165) is 25.7 Å². The van der Waals surface area contributed by atoms with Gasteiger partial charge in [-0.15, -0.1) is 0 Å². The van der Waals surface area contributed by atoms with E-state index in [4.69, 9.17) is 10.7 Å². The zero-order valence-electron chi connectivity index (χ0n) is 12.3. The lowest BCUT2D eigenvalue weighted by Crippen LogP contribution is -2.52. The monoisotopic (exact) mass is 329 g/mol. The summed E-state index contributed by atoms with van der Waals surface area (Å²) >= 11 is 0. The Balaban J connectivity index is 2.30. The third-order valence-electron chi connectivity index (χ3n) is 4.34. The van der Waals surface area contributed by atoms with Gasteiger partial charge in [-0.25, -0.2) is 8.42 Å². The first-order chi connectivity index (χ1) is 9.81. The first-order valence-corrected chi connectivity index (χ1v) is 9.52. The Morgan fingerprint density at radius 2 is 2.00 bits per heavy atom. The van der Waals surface area contributed by atoms with E-state index < -0.39 is 9.05 Å². The van der Waals surface area contributed by atoms with Crippen molar-refractivity contribution in [1.29, 1.82) is 0 Å². The van der Waals surface area contributed by atoms with Crippen LogP contribution in [0.15, 0.2) is 23.1 Å². The Labute approximate surface area is 130 Å². The fourth-order valence-electron chi connectivity index (χ4n) is 2.70. The van der Waals surface area contributed by atoms with E-state index in [1.54, 1.807) is 12.1 Å². The van der Waals surface area contributed by atoms with Crippen molar-refractivity contribution in [2.24, 2.45) is 0 Å². The second-order valence-corrected chi connectivity index (χ2v) is 8.09. The molecule has 0 heterocycles. The maximum Gasteiger partial charge on any atom is 0.261 e. The molecule has 0 bridgehead atoms. The van der Waals surface area contributed by atoms with Crippen LogP contribution in [0.3, 0.4) is 0 Å². The molecule has 0 aliphatic heterocycles. The summed E-state index contributed by atoms with van der Waals surface area (Å²) in [6, 6.07) is 4.68. The number of hydrogen-bond acceptors (Lipinski definition) is 3. The Hall–Kier alpha value is -1.07. The van der Waals surface area contributed by atoms with Gasteiger partial charge in [-0.05, 0) is 49.8 Å². The van der Waals surface area contributed by atoms with Crippen LogP contribution in [0.5, 0.6) is 0 Å². The molecule has 0 unspecified atom stereocenters. The second-order valence-electron chi connectivity index (χ2n) is 5.56. The second kappa shape index (κ2) is 5.97. The number of carbonyl (C=O) groups is 1. The maximum atomic E-state index is 12.3. The van der Waals surface area contributed by atoms with E-state index in [2.05, 4.69) is 5.32 Å². The molecule has 0 radical (unpaired) electrons. The summed E-state index contributed by atoms with van der Waals surface area (Å²) in [4.78, 5) is 12.4. The highest BCUT2D eigenvalue weighted by Crippen LogP contribution is 2.35. The standard InChI is InChI=1S/C15H20ClNO3S/c1-3-11-6-7-12(10-13(11)21(16,19)20)14(18)17-15(4-2)8-5-9-15/h6-7,10H,3-5,8-9H2,1-2H3,(H,17,18). The SMILES string of the molecule is CCc1ccc(C(=O)NC2(CC)CCC2)cc1S(=O)(=O)Cl. The quantitative estimate of drug-likeness (QED) is 0.843. The van der Waals surface area contributed by atoms with E-state index in [-0.39, 0.29) is 16.3 Å².